The SMILES string of the molecule is C=CCCCCCC[C@@H](NC(=O)c1cccnc1)C(N)=O. The highest BCUT2D eigenvalue weighted by Crippen LogP contribution is 2.08. The van der Waals surface area contributed by atoms with Crippen LogP contribution in [-0.4, -0.2) is 22.8 Å². The van der Waals surface area contributed by atoms with Crippen molar-refractivity contribution in [2.24, 2.45) is 5.73 Å². The lowest BCUT2D eigenvalue weighted by molar-refractivity contribution is -0.120. The fraction of sp³-hybridized carbons (Fsp3) is 0.438. The van der Waals surface area contributed by atoms with E-state index in [1.165, 1.54) is 6.20 Å². The van der Waals surface area contributed by atoms with Crippen LogP contribution in [0.15, 0.2) is 37.2 Å². The number of aromatic nitrogens is 1. The predicted octanol–water partition coefficient (Wildman–Crippen LogP) is 2.19. The molecule has 0 unspecified atom stereocenters. The number of nitrogens with one attached hydrogen (secondary N) is 1. The molecule has 2 amide bonds. The first-order chi connectivity index (χ1) is 10.1. The number of unbranched alkanes of at least 4 members (excludes halogenated alkanes) is 4. The molecule has 0 bridgehead atoms. The van der Waals surface area contributed by atoms with Crippen LogP contribution in [0.5, 0.6) is 0 Å². The average molecular weight is 289 g/mol. The van der Waals surface area contributed by atoms with Gasteiger partial charge in [0.25, 0.3) is 5.91 Å². The van der Waals surface area contributed by atoms with Crippen molar-refractivity contribution >= 4 is 11.8 Å². The second-order valence-corrected chi connectivity index (χ2v) is 4.95. The molecule has 1 aromatic rings. The van der Waals surface area contributed by atoms with Crippen molar-refractivity contribution in [3.05, 3.63) is 42.7 Å². The molecule has 0 aliphatic carbocycles. The Morgan fingerprint density at radius 3 is 2.71 bits per heavy atom. The minimum Gasteiger partial charge on any atom is -0.368 e. The molecule has 0 spiro atoms. The Morgan fingerprint density at radius 1 is 1.33 bits per heavy atom. The molecule has 0 aromatic carbocycles. The highest BCUT2D eigenvalue weighted by atomic mass is 16.2. The molecule has 1 aromatic heterocycles. The third kappa shape index (κ3) is 6.70. The number of allylic oxidation sites excluding steroid dienone is 1. The molecule has 1 rings (SSSR count). The zero-order valence-electron chi connectivity index (χ0n) is 12.3. The van der Waals surface area contributed by atoms with Gasteiger partial charge >= 0.3 is 0 Å². The molecule has 3 N–H and O–H groups in total. The summed E-state index contributed by atoms with van der Waals surface area (Å²) in [6.45, 7) is 3.68. The fourth-order valence-corrected chi connectivity index (χ4v) is 2.01. The summed E-state index contributed by atoms with van der Waals surface area (Å²) in [5.41, 5.74) is 5.77. The minimum absolute atomic E-state index is 0.321. The van der Waals surface area contributed by atoms with Gasteiger partial charge in [0.15, 0.2) is 0 Å². The first-order valence-electron chi connectivity index (χ1n) is 7.26. The molecule has 0 saturated heterocycles. The minimum atomic E-state index is -0.628. The van der Waals surface area contributed by atoms with Gasteiger partial charge in [0.2, 0.25) is 5.91 Å². The van der Waals surface area contributed by atoms with Crippen LogP contribution in [0.2, 0.25) is 0 Å². The average Bonchev–Trinajstić information content (AvgIpc) is 2.50. The number of rotatable bonds is 10. The maximum absolute atomic E-state index is 12.0. The van der Waals surface area contributed by atoms with E-state index < -0.39 is 11.9 Å². The first-order valence-corrected chi connectivity index (χ1v) is 7.26. The normalized spacial score (nSPS) is 11.6. The van der Waals surface area contributed by atoms with E-state index in [4.69, 9.17) is 5.73 Å². The largest absolute Gasteiger partial charge is 0.368 e. The molecule has 5 heteroatoms. The van der Waals surface area contributed by atoms with Crippen molar-refractivity contribution in [2.75, 3.05) is 0 Å². The van der Waals surface area contributed by atoms with Crippen molar-refractivity contribution < 1.29 is 9.59 Å². The summed E-state index contributed by atoms with van der Waals surface area (Å²) >= 11 is 0. The molecule has 21 heavy (non-hydrogen) atoms. The van der Waals surface area contributed by atoms with Crippen LogP contribution in [-0.2, 0) is 4.79 Å². The molecule has 0 saturated carbocycles. The molecular formula is C16H23N3O2. The van der Waals surface area contributed by atoms with Gasteiger partial charge in [-0.3, -0.25) is 14.6 Å². The number of nitrogens with two attached hydrogens (primary N) is 1. The quantitative estimate of drug-likeness (QED) is 0.511. The number of hydrogen-bond acceptors (Lipinski definition) is 3. The predicted molar refractivity (Wildman–Crippen MR) is 82.6 cm³/mol. The second-order valence-electron chi connectivity index (χ2n) is 4.95. The second kappa shape index (κ2) is 9.69. The zero-order chi connectivity index (χ0) is 15.5. The topological polar surface area (TPSA) is 85.1 Å². The van der Waals surface area contributed by atoms with E-state index in [0.29, 0.717) is 12.0 Å². The van der Waals surface area contributed by atoms with Crippen molar-refractivity contribution in [3.63, 3.8) is 0 Å². The summed E-state index contributed by atoms with van der Waals surface area (Å²) in [7, 11) is 0. The van der Waals surface area contributed by atoms with Gasteiger partial charge in [-0.15, -0.1) is 6.58 Å². The van der Waals surface area contributed by atoms with Crippen molar-refractivity contribution in [2.45, 2.75) is 44.6 Å². The Labute approximate surface area is 125 Å². The summed E-state index contributed by atoms with van der Waals surface area (Å²) in [5.74, 6) is -0.822. The monoisotopic (exact) mass is 289 g/mol. The smallest absolute Gasteiger partial charge is 0.253 e. The highest BCUT2D eigenvalue weighted by molar-refractivity contribution is 5.96. The number of primary amides is 1. The molecule has 1 atom stereocenters. The lowest BCUT2D eigenvalue weighted by atomic mass is 10.1. The van der Waals surface area contributed by atoms with Crippen LogP contribution in [0.3, 0.4) is 0 Å². The molecule has 114 valence electrons. The third-order valence-corrected chi connectivity index (χ3v) is 3.22. The Bertz CT molecular complexity index is 460. The van der Waals surface area contributed by atoms with Gasteiger partial charge in [0, 0.05) is 12.4 Å². The lowest BCUT2D eigenvalue weighted by Crippen LogP contribution is -2.44. The number of amides is 2. The number of carbonyl (C=O) groups excluding carboxylic acids is 2. The fourth-order valence-electron chi connectivity index (χ4n) is 2.01. The zero-order valence-corrected chi connectivity index (χ0v) is 12.3. The first kappa shape index (κ1) is 16.9. The summed E-state index contributed by atoms with van der Waals surface area (Å²) in [6.07, 6.45) is 10.6. The molecule has 0 aliphatic rings. The number of pyridine rings is 1. The maximum atomic E-state index is 12.0. The van der Waals surface area contributed by atoms with Crippen LogP contribution in [0.25, 0.3) is 0 Å². The van der Waals surface area contributed by atoms with E-state index in [-0.39, 0.29) is 5.91 Å². The van der Waals surface area contributed by atoms with E-state index in [2.05, 4.69) is 16.9 Å². The molecule has 0 fully saturated rings. The number of hydrogen-bond donors (Lipinski definition) is 2. The van der Waals surface area contributed by atoms with Gasteiger partial charge in [-0.2, -0.15) is 0 Å². The Balaban J connectivity index is 2.38. The van der Waals surface area contributed by atoms with Crippen LogP contribution in [0.4, 0.5) is 0 Å². The van der Waals surface area contributed by atoms with E-state index in [9.17, 15) is 9.59 Å². The van der Waals surface area contributed by atoms with Crippen molar-refractivity contribution in [1.82, 2.24) is 10.3 Å². The Kier molecular flexibility index (Phi) is 7.79. The van der Waals surface area contributed by atoms with Gasteiger partial charge < -0.3 is 11.1 Å². The number of nitrogens with zero attached hydrogens (tertiary/aromatic N) is 1. The molecule has 1 heterocycles. The van der Waals surface area contributed by atoms with Gasteiger partial charge in [-0.1, -0.05) is 25.3 Å². The third-order valence-electron chi connectivity index (χ3n) is 3.22. The lowest BCUT2D eigenvalue weighted by Gasteiger charge is -2.15. The van der Waals surface area contributed by atoms with Crippen LogP contribution >= 0.6 is 0 Å². The van der Waals surface area contributed by atoms with E-state index >= 15 is 0 Å². The van der Waals surface area contributed by atoms with Crippen molar-refractivity contribution in [1.29, 1.82) is 0 Å². The standard InChI is InChI=1S/C16H23N3O2/c1-2-3-4-5-6-7-10-14(15(17)20)19-16(21)13-9-8-11-18-12-13/h2,8-9,11-12,14H,1,3-7,10H2,(H2,17,20)(H,19,21)/t14-/m1/s1. The van der Waals surface area contributed by atoms with Crippen molar-refractivity contribution in [3.8, 4) is 0 Å². The summed E-state index contributed by atoms with van der Waals surface area (Å²) in [5, 5.41) is 2.67. The van der Waals surface area contributed by atoms with Gasteiger partial charge in [0.1, 0.15) is 6.04 Å². The maximum Gasteiger partial charge on any atom is 0.253 e. The molecule has 0 radical (unpaired) electrons. The molecular weight excluding hydrogens is 266 g/mol. The Morgan fingerprint density at radius 2 is 2.10 bits per heavy atom. The van der Waals surface area contributed by atoms with Gasteiger partial charge in [-0.25, -0.2) is 0 Å². The summed E-state index contributed by atoms with van der Waals surface area (Å²) < 4.78 is 0. The van der Waals surface area contributed by atoms with Crippen LogP contribution in [0.1, 0.15) is 48.9 Å². The Hall–Kier alpha value is -2.17. The molecule has 5 nitrogen and oxygen atoms in total. The highest BCUT2D eigenvalue weighted by Gasteiger charge is 2.18. The van der Waals surface area contributed by atoms with E-state index in [1.807, 2.05) is 6.08 Å². The number of carbonyl (C=O) groups is 2. The molecule has 0 aliphatic heterocycles. The van der Waals surface area contributed by atoms with Gasteiger partial charge in [-0.05, 0) is 31.4 Å². The summed E-state index contributed by atoms with van der Waals surface area (Å²) in [4.78, 5) is 27.3. The van der Waals surface area contributed by atoms with Gasteiger partial charge in [0.05, 0.1) is 5.56 Å². The van der Waals surface area contributed by atoms with Crippen LogP contribution in [0, 0.1) is 0 Å². The van der Waals surface area contributed by atoms with E-state index in [1.54, 1.807) is 18.3 Å². The summed E-state index contributed by atoms with van der Waals surface area (Å²) in [6, 6.07) is 2.70. The van der Waals surface area contributed by atoms with Crippen LogP contribution < -0.4 is 11.1 Å². The van der Waals surface area contributed by atoms with E-state index in [0.717, 1.165) is 32.1 Å².